The van der Waals surface area contributed by atoms with Crippen LogP contribution in [0.3, 0.4) is 0 Å². The number of rotatable bonds is 6. The molecule has 23 heavy (non-hydrogen) atoms. The molecular formula is C16H23N3O3S. The maximum atomic E-state index is 12.3. The molecule has 1 aliphatic rings. The van der Waals surface area contributed by atoms with E-state index in [-0.39, 0.29) is 22.7 Å². The lowest BCUT2D eigenvalue weighted by Gasteiger charge is -2.15. The molecule has 1 unspecified atom stereocenters. The highest BCUT2D eigenvalue weighted by atomic mass is 32.2. The normalized spacial score (nSPS) is 18.5. The third kappa shape index (κ3) is 4.10. The third-order valence-electron chi connectivity index (χ3n) is 3.51. The Morgan fingerprint density at radius 3 is 2.65 bits per heavy atom. The first-order valence-electron chi connectivity index (χ1n) is 7.85. The first-order valence-corrected chi connectivity index (χ1v) is 9.34. The lowest BCUT2D eigenvalue weighted by Crippen LogP contribution is -2.39. The molecule has 1 heterocycles. The van der Waals surface area contributed by atoms with Crippen LogP contribution in [0.25, 0.3) is 0 Å². The van der Waals surface area contributed by atoms with Gasteiger partial charge >= 0.3 is 0 Å². The SMILES string of the molecule is CCCCC(N=C1NS(=O)(=O)c2ccccc21)C(=O)NC(C)C. The Morgan fingerprint density at radius 2 is 2.00 bits per heavy atom. The summed E-state index contributed by atoms with van der Waals surface area (Å²) in [6, 6.07) is 6.08. The van der Waals surface area contributed by atoms with Gasteiger partial charge in [0.15, 0.2) is 0 Å². The van der Waals surface area contributed by atoms with Crippen molar-refractivity contribution in [2.75, 3.05) is 0 Å². The van der Waals surface area contributed by atoms with Crippen LogP contribution in [0, 0.1) is 0 Å². The molecule has 1 atom stereocenters. The van der Waals surface area contributed by atoms with E-state index in [1.165, 1.54) is 6.07 Å². The number of amides is 1. The van der Waals surface area contributed by atoms with E-state index in [4.69, 9.17) is 0 Å². The molecule has 1 aromatic rings. The van der Waals surface area contributed by atoms with Crippen molar-refractivity contribution < 1.29 is 13.2 Å². The molecule has 0 bridgehead atoms. The highest BCUT2D eigenvalue weighted by Crippen LogP contribution is 2.23. The maximum absolute atomic E-state index is 12.3. The molecule has 0 spiro atoms. The van der Waals surface area contributed by atoms with Crippen molar-refractivity contribution in [3.63, 3.8) is 0 Å². The van der Waals surface area contributed by atoms with Crippen LogP contribution < -0.4 is 10.0 Å². The second-order valence-corrected chi connectivity index (χ2v) is 7.55. The molecule has 0 aromatic heterocycles. The second-order valence-electron chi connectivity index (χ2n) is 5.90. The average Bonchev–Trinajstić information content (AvgIpc) is 2.74. The second kappa shape index (κ2) is 7.12. The van der Waals surface area contributed by atoms with Crippen LogP contribution in [-0.4, -0.2) is 32.2 Å². The van der Waals surface area contributed by atoms with Gasteiger partial charge < -0.3 is 5.32 Å². The van der Waals surface area contributed by atoms with Gasteiger partial charge in [-0.15, -0.1) is 0 Å². The number of benzene rings is 1. The van der Waals surface area contributed by atoms with Gasteiger partial charge in [0.1, 0.15) is 11.9 Å². The van der Waals surface area contributed by atoms with Crippen LogP contribution in [0.15, 0.2) is 34.2 Å². The van der Waals surface area contributed by atoms with Crippen LogP contribution in [0.2, 0.25) is 0 Å². The summed E-state index contributed by atoms with van der Waals surface area (Å²) in [4.78, 5) is 16.9. The van der Waals surface area contributed by atoms with Gasteiger partial charge in [-0.1, -0.05) is 31.9 Å². The largest absolute Gasteiger partial charge is 0.352 e. The van der Waals surface area contributed by atoms with Gasteiger partial charge in [-0.05, 0) is 32.4 Å². The van der Waals surface area contributed by atoms with Crippen LogP contribution in [0.1, 0.15) is 45.6 Å². The van der Waals surface area contributed by atoms with Crippen molar-refractivity contribution in [1.29, 1.82) is 0 Å². The molecule has 7 heteroatoms. The van der Waals surface area contributed by atoms with Gasteiger partial charge in [0, 0.05) is 11.6 Å². The predicted molar refractivity (Wildman–Crippen MR) is 89.9 cm³/mol. The Balaban J connectivity index is 2.34. The smallest absolute Gasteiger partial charge is 0.263 e. The molecule has 1 aromatic carbocycles. The lowest BCUT2D eigenvalue weighted by molar-refractivity contribution is -0.122. The first kappa shape index (κ1) is 17.5. The predicted octanol–water partition coefficient (Wildman–Crippen LogP) is 1.81. The maximum Gasteiger partial charge on any atom is 0.263 e. The van der Waals surface area contributed by atoms with E-state index in [1.807, 2.05) is 20.8 Å². The van der Waals surface area contributed by atoms with Gasteiger partial charge in [-0.2, -0.15) is 0 Å². The van der Waals surface area contributed by atoms with E-state index in [0.29, 0.717) is 12.0 Å². The summed E-state index contributed by atoms with van der Waals surface area (Å²) in [5.74, 6) is 0.0742. The molecule has 0 fully saturated rings. The van der Waals surface area contributed by atoms with Crippen LogP contribution in [0.4, 0.5) is 0 Å². The zero-order valence-electron chi connectivity index (χ0n) is 13.7. The summed E-state index contributed by atoms with van der Waals surface area (Å²) in [6.07, 6.45) is 2.38. The number of hydrogen-bond acceptors (Lipinski definition) is 4. The van der Waals surface area contributed by atoms with E-state index in [2.05, 4.69) is 15.0 Å². The van der Waals surface area contributed by atoms with E-state index < -0.39 is 16.1 Å². The number of hydrogen-bond donors (Lipinski definition) is 2. The van der Waals surface area contributed by atoms with Crippen LogP contribution in [-0.2, 0) is 14.8 Å². The van der Waals surface area contributed by atoms with Gasteiger partial charge in [0.05, 0.1) is 4.90 Å². The first-order chi connectivity index (χ1) is 10.8. The van der Waals surface area contributed by atoms with Gasteiger partial charge in [0.25, 0.3) is 10.0 Å². The number of nitrogens with zero attached hydrogens (tertiary/aromatic N) is 1. The highest BCUT2D eigenvalue weighted by Gasteiger charge is 2.31. The zero-order valence-corrected chi connectivity index (χ0v) is 14.5. The zero-order chi connectivity index (χ0) is 17.0. The monoisotopic (exact) mass is 337 g/mol. The minimum absolute atomic E-state index is 0.0133. The quantitative estimate of drug-likeness (QED) is 0.830. The summed E-state index contributed by atoms with van der Waals surface area (Å²) in [7, 11) is -3.58. The fourth-order valence-corrected chi connectivity index (χ4v) is 3.66. The fourth-order valence-electron chi connectivity index (χ4n) is 2.42. The number of nitrogens with one attached hydrogen (secondary N) is 2. The third-order valence-corrected chi connectivity index (χ3v) is 4.91. The average molecular weight is 337 g/mol. The molecular weight excluding hydrogens is 314 g/mol. The molecule has 2 N–H and O–H groups in total. The minimum atomic E-state index is -3.58. The number of sulfonamides is 1. The molecule has 126 valence electrons. The summed E-state index contributed by atoms with van der Waals surface area (Å²) >= 11 is 0. The van der Waals surface area contributed by atoms with Crippen molar-refractivity contribution >= 4 is 21.8 Å². The van der Waals surface area contributed by atoms with Crippen molar-refractivity contribution in [2.45, 2.75) is 57.0 Å². The number of carbonyl (C=O) groups is 1. The molecule has 0 saturated heterocycles. The molecule has 0 aliphatic carbocycles. The highest BCUT2D eigenvalue weighted by molar-refractivity contribution is 7.90. The van der Waals surface area contributed by atoms with E-state index >= 15 is 0 Å². The fraction of sp³-hybridized carbons (Fsp3) is 0.500. The standard InChI is InChI=1S/C16H23N3O3S/c1-4-5-9-13(16(20)17-11(2)3)18-15-12-8-6-7-10-14(12)23(21,22)19-15/h6-8,10-11,13H,4-5,9H2,1-3H3,(H,17,20)(H,18,19). The van der Waals surface area contributed by atoms with Crippen molar-refractivity contribution in [3.8, 4) is 0 Å². The molecule has 0 saturated carbocycles. The Kier molecular flexibility index (Phi) is 5.41. The molecule has 2 rings (SSSR count). The molecule has 6 nitrogen and oxygen atoms in total. The summed E-state index contributed by atoms with van der Waals surface area (Å²) in [6.45, 7) is 5.81. The minimum Gasteiger partial charge on any atom is -0.352 e. The molecule has 0 radical (unpaired) electrons. The summed E-state index contributed by atoms with van der Waals surface area (Å²) in [5, 5.41) is 2.85. The Labute approximate surface area is 137 Å². The lowest BCUT2D eigenvalue weighted by atomic mass is 10.1. The van der Waals surface area contributed by atoms with Gasteiger partial charge in [-0.25, -0.2) is 8.42 Å². The Hall–Kier alpha value is -1.89. The molecule has 1 amide bonds. The van der Waals surface area contributed by atoms with Crippen molar-refractivity contribution in [2.24, 2.45) is 4.99 Å². The van der Waals surface area contributed by atoms with Gasteiger partial charge in [-0.3, -0.25) is 14.5 Å². The van der Waals surface area contributed by atoms with E-state index in [9.17, 15) is 13.2 Å². The molecule has 1 aliphatic heterocycles. The topological polar surface area (TPSA) is 87.6 Å². The van der Waals surface area contributed by atoms with E-state index in [0.717, 1.165) is 12.8 Å². The number of carbonyl (C=O) groups excluding carboxylic acids is 1. The number of unbranched alkanes of at least 4 members (excludes halogenated alkanes) is 1. The number of aliphatic imine (C=N–C) groups is 1. The Bertz CT molecular complexity index is 711. The van der Waals surface area contributed by atoms with Crippen molar-refractivity contribution in [1.82, 2.24) is 10.0 Å². The number of fused-ring (bicyclic) bond motifs is 1. The summed E-state index contributed by atoms with van der Waals surface area (Å²) in [5.41, 5.74) is 0.520. The van der Waals surface area contributed by atoms with Crippen LogP contribution >= 0.6 is 0 Å². The van der Waals surface area contributed by atoms with Gasteiger partial charge in [0.2, 0.25) is 5.91 Å². The Morgan fingerprint density at radius 1 is 1.30 bits per heavy atom. The van der Waals surface area contributed by atoms with Crippen molar-refractivity contribution in [3.05, 3.63) is 29.8 Å². The summed E-state index contributed by atoms with van der Waals surface area (Å²) < 4.78 is 26.7. The number of amidine groups is 1. The van der Waals surface area contributed by atoms with Crippen LogP contribution in [0.5, 0.6) is 0 Å². The van der Waals surface area contributed by atoms with E-state index in [1.54, 1.807) is 18.2 Å².